The highest BCUT2D eigenvalue weighted by Crippen LogP contribution is 2.34. The Morgan fingerprint density at radius 1 is 0.963 bits per heavy atom. The molecule has 0 saturated heterocycles. The number of hydrogen-bond acceptors (Lipinski definition) is 5. The van der Waals surface area contributed by atoms with Crippen LogP contribution in [0.1, 0.15) is 5.56 Å². The molecule has 0 spiro atoms. The van der Waals surface area contributed by atoms with Crippen molar-refractivity contribution >= 4 is 17.6 Å². The van der Waals surface area contributed by atoms with Crippen molar-refractivity contribution < 1.29 is 37.0 Å². The number of anilines is 1. The highest BCUT2D eigenvalue weighted by Gasteiger charge is 2.33. The Kier molecular flexibility index (Phi) is 6.64. The second-order valence-electron chi connectivity index (χ2n) is 5.22. The average Bonchev–Trinajstić information content (AvgIpc) is 2.64. The average molecular weight is 383 g/mol. The van der Waals surface area contributed by atoms with E-state index >= 15 is 0 Å². The lowest BCUT2D eigenvalue weighted by molar-refractivity contribution is -0.149. The maximum Gasteiger partial charge on any atom is 0.418 e. The number of amides is 1. The van der Waals surface area contributed by atoms with Crippen LogP contribution < -0.4 is 14.8 Å². The van der Waals surface area contributed by atoms with Gasteiger partial charge in [0.05, 0.1) is 18.4 Å². The third-order valence-corrected chi connectivity index (χ3v) is 3.29. The van der Waals surface area contributed by atoms with Crippen molar-refractivity contribution in [3.05, 3.63) is 54.1 Å². The second kappa shape index (κ2) is 8.93. The predicted octanol–water partition coefficient (Wildman–Crippen LogP) is 3.27. The summed E-state index contributed by atoms with van der Waals surface area (Å²) in [5.41, 5.74) is -1.41. The van der Waals surface area contributed by atoms with Crippen LogP contribution in [0.2, 0.25) is 0 Å². The second-order valence-corrected chi connectivity index (χ2v) is 5.22. The molecule has 6 nitrogen and oxygen atoms in total. The number of rotatable bonds is 7. The first-order valence-corrected chi connectivity index (χ1v) is 7.68. The summed E-state index contributed by atoms with van der Waals surface area (Å²) in [5.74, 6) is -0.744. The summed E-state index contributed by atoms with van der Waals surface area (Å²) in [5, 5.41) is 2.07. The first-order chi connectivity index (χ1) is 12.8. The molecule has 2 aromatic carbocycles. The van der Waals surface area contributed by atoms with E-state index < -0.39 is 42.5 Å². The summed E-state index contributed by atoms with van der Waals surface area (Å²) in [6, 6.07) is 10.9. The van der Waals surface area contributed by atoms with Crippen LogP contribution in [0.4, 0.5) is 18.9 Å². The summed E-state index contributed by atoms with van der Waals surface area (Å²) in [6.07, 6.45) is -4.62. The zero-order valence-corrected chi connectivity index (χ0v) is 14.2. The van der Waals surface area contributed by atoms with Crippen LogP contribution >= 0.6 is 0 Å². The van der Waals surface area contributed by atoms with Gasteiger partial charge in [0.15, 0.2) is 13.2 Å². The van der Waals surface area contributed by atoms with Gasteiger partial charge < -0.3 is 19.5 Å². The number of esters is 1. The van der Waals surface area contributed by atoms with Gasteiger partial charge in [-0.1, -0.05) is 12.1 Å². The third kappa shape index (κ3) is 6.21. The van der Waals surface area contributed by atoms with Crippen molar-refractivity contribution in [1.82, 2.24) is 0 Å². The van der Waals surface area contributed by atoms with Gasteiger partial charge >= 0.3 is 12.1 Å². The maximum atomic E-state index is 12.9. The Morgan fingerprint density at radius 3 is 2.22 bits per heavy atom. The molecule has 27 heavy (non-hydrogen) atoms. The summed E-state index contributed by atoms with van der Waals surface area (Å²) >= 11 is 0. The standard InChI is InChI=1S/C18H16F3NO5/c1-25-12-6-8-13(9-7-12)26-11-17(24)27-10-16(23)22-15-5-3-2-4-14(15)18(19,20)21/h2-9H,10-11H2,1H3,(H,22,23). The quantitative estimate of drug-likeness (QED) is 0.743. The van der Waals surface area contributed by atoms with Gasteiger partial charge in [-0.3, -0.25) is 4.79 Å². The van der Waals surface area contributed by atoms with Crippen LogP contribution in [0.25, 0.3) is 0 Å². The molecule has 2 rings (SSSR count). The molecule has 0 fully saturated rings. The number of carbonyl (C=O) groups is 2. The number of methoxy groups -OCH3 is 1. The molecule has 0 heterocycles. The summed E-state index contributed by atoms with van der Waals surface area (Å²) in [7, 11) is 1.51. The van der Waals surface area contributed by atoms with Gasteiger partial charge in [0.25, 0.3) is 5.91 Å². The van der Waals surface area contributed by atoms with Crippen LogP contribution in [0.3, 0.4) is 0 Å². The van der Waals surface area contributed by atoms with Gasteiger partial charge in [-0.2, -0.15) is 13.2 Å². The molecule has 0 aliphatic rings. The Labute approximate surface area is 152 Å². The van der Waals surface area contributed by atoms with Crippen molar-refractivity contribution in [2.45, 2.75) is 6.18 Å². The van der Waals surface area contributed by atoms with E-state index in [9.17, 15) is 22.8 Å². The fourth-order valence-corrected chi connectivity index (χ4v) is 2.03. The van der Waals surface area contributed by atoms with Crippen LogP contribution in [0, 0.1) is 0 Å². The monoisotopic (exact) mass is 383 g/mol. The molecular formula is C18H16F3NO5. The minimum Gasteiger partial charge on any atom is -0.497 e. The van der Waals surface area contributed by atoms with Crippen molar-refractivity contribution in [3.63, 3.8) is 0 Å². The topological polar surface area (TPSA) is 73.9 Å². The molecule has 0 aliphatic carbocycles. The molecule has 0 unspecified atom stereocenters. The lowest BCUT2D eigenvalue weighted by Gasteiger charge is -2.13. The van der Waals surface area contributed by atoms with Gasteiger partial charge in [0.1, 0.15) is 11.5 Å². The van der Waals surface area contributed by atoms with Crippen LogP contribution in [0.5, 0.6) is 11.5 Å². The van der Waals surface area contributed by atoms with E-state index in [4.69, 9.17) is 9.47 Å². The van der Waals surface area contributed by atoms with Gasteiger partial charge in [-0.25, -0.2) is 4.79 Å². The zero-order chi connectivity index (χ0) is 19.9. The van der Waals surface area contributed by atoms with Crippen molar-refractivity contribution in [1.29, 1.82) is 0 Å². The van der Waals surface area contributed by atoms with E-state index in [1.54, 1.807) is 24.3 Å². The number of alkyl halides is 3. The Morgan fingerprint density at radius 2 is 1.59 bits per heavy atom. The van der Waals surface area contributed by atoms with E-state index in [1.165, 1.54) is 19.2 Å². The minimum absolute atomic E-state index is 0.385. The Bertz CT molecular complexity index is 790. The molecule has 0 aromatic heterocycles. The number of halogens is 3. The normalized spacial score (nSPS) is 10.8. The fourth-order valence-electron chi connectivity index (χ4n) is 2.03. The third-order valence-electron chi connectivity index (χ3n) is 3.29. The molecule has 0 aliphatic heterocycles. The highest BCUT2D eigenvalue weighted by atomic mass is 19.4. The minimum atomic E-state index is -4.62. The predicted molar refractivity (Wildman–Crippen MR) is 89.5 cm³/mol. The number of nitrogens with one attached hydrogen (secondary N) is 1. The first kappa shape index (κ1) is 20.1. The van der Waals surface area contributed by atoms with Gasteiger partial charge in [-0.05, 0) is 36.4 Å². The molecule has 2 aromatic rings. The molecule has 9 heteroatoms. The maximum absolute atomic E-state index is 12.9. The van der Waals surface area contributed by atoms with Crippen molar-refractivity contribution in [2.75, 3.05) is 25.6 Å². The zero-order valence-electron chi connectivity index (χ0n) is 14.2. The molecular weight excluding hydrogens is 367 g/mol. The van der Waals surface area contributed by atoms with E-state index in [2.05, 4.69) is 10.1 Å². The summed E-state index contributed by atoms with van der Waals surface area (Å²) in [4.78, 5) is 23.3. The lowest BCUT2D eigenvalue weighted by Crippen LogP contribution is -2.24. The van der Waals surface area contributed by atoms with Gasteiger partial charge in [-0.15, -0.1) is 0 Å². The van der Waals surface area contributed by atoms with Gasteiger partial charge in [0, 0.05) is 0 Å². The van der Waals surface area contributed by atoms with E-state index in [1.807, 2.05) is 0 Å². The van der Waals surface area contributed by atoms with Crippen molar-refractivity contribution in [3.8, 4) is 11.5 Å². The fraction of sp³-hybridized carbons (Fsp3) is 0.222. The van der Waals surface area contributed by atoms with E-state index in [-0.39, 0.29) is 0 Å². The molecule has 0 radical (unpaired) electrons. The van der Waals surface area contributed by atoms with Gasteiger partial charge in [0.2, 0.25) is 0 Å². The number of carbonyl (C=O) groups excluding carboxylic acids is 2. The first-order valence-electron chi connectivity index (χ1n) is 7.68. The number of hydrogen-bond donors (Lipinski definition) is 1. The van der Waals surface area contributed by atoms with E-state index in [0.717, 1.165) is 12.1 Å². The molecule has 1 amide bonds. The Hall–Kier alpha value is -3.23. The van der Waals surface area contributed by atoms with Crippen molar-refractivity contribution in [2.24, 2.45) is 0 Å². The Balaban J connectivity index is 1.80. The molecule has 144 valence electrons. The molecule has 0 saturated carbocycles. The number of ether oxygens (including phenoxy) is 3. The highest BCUT2D eigenvalue weighted by molar-refractivity contribution is 5.93. The lowest BCUT2D eigenvalue weighted by atomic mass is 10.1. The summed E-state index contributed by atoms with van der Waals surface area (Å²) < 4.78 is 53.4. The molecule has 0 atom stereocenters. The molecule has 1 N–H and O–H groups in total. The SMILES string of the molecule is COc1ccc(OCC(=O)OCC(=O)Nc2ccccc2C(F)(F)F)cc1. The van der Waals surface area contributed by atoms with Crippen LogP contribution in [-0.2, 0) is 20.5 Å². The number of benzene rings is 2. The number of para-hydroxylation sites is 1. The smallest absolute Gasteiger partial charge is 0.418 e. The largest absolute Gasteiger partial charge is 0.497 e. The van der Waals surface area contributed by atoms with E-state index in [0.29, 0.717) is 11.5 Å². The summed E-state index contributed by atoms with van der Waals surface area (Å²) in [6.45, 7) is -1.20. The van der Waals surface area contributed by atoms with Crippen LogP contribution in [-0.4, -0.2) is 32.2 Å². The van der Waals surface area contributed by atoms with Crippen LogP contribution in [0.15, 0.2) is 48.5 Å². The molecule has 0 bridgehead atoms.